The first-order chi connectivity index (χ1) is 8.16. The zero-order valence-corrected chi connectivity index (χ0v) is 11.4. The van der Waals surface area contributed by atoms with E-state index < -0.39 is 0 Å². The van der Waals surface area contributed by atoms with Gasteiger partial charge in [0, 0.05) is 12.6 Å². The molecule has 5 heteroatoms. The Balaban J connectivity index is 1.97. The fraction of sp³-hybridized carbons (Fsp3) is 0.167. The summed E-state index contributed by atoms with van der Waals surface area (Å²) in [6, 6.07) is 5.07. The number of rotatable bonds is 4. The zero-order chi connectivity index (χ0) is 12.3. The fourth-order valence-corrected chi connectivity index (χ4v) is 2.54. The molecule has 0 aliphatic rings. The molecule has 3 N–H and O–H groups in total. The van der Waals surface area contributed by atoms with Crippen LogP contribution in [0.1, 0.15) is 5.56 Å². The summed E-state index contributed by atoms with van der Waals surface area (Å²) in [7, 11) is 0. The molecule has 2 nitrogen and oxygen atoms in total. The van der Waals surface area contributed by atoms with Crippen molar-refractivity contribution in [3.63, 3.8) is 0 Å². The number of hydrogen-bond acceptors (Lipinski definition) is 3. The molecule has 0 fully saturated rings. The van der Waals surface area contributed by atoms with Crippen LogP contribution in [0, 0.1) is 5.82 Å². The van der Waals surface area contributed by atoms with Gasteiger partial charge in [0.25, 0.3) is 0 Å². The van der Waals surface area contributed by atoms with Crippen molar-refractivity contribution in [2.24, 2.45) is 0 Å². The first-order valence-electron chi connectivity index (χ1n) is 5.16. The largest absolute Gasteiger partial charge is 0.397 e. The lowest BCUT2D eigenvalue weighted by Crippen LogP contribution is -2.06. The van der Waals surface area contributed by atoms with Crippen LogP contribution in [0.15, 0.2) is 33.4 Å². The molecule has 0 bridgehead atoms. The van der Waals surface area contributed by atoms with Crippen molar-refractivity contribution in [3.05, 3.63) is 44.8 Å². The minimum absolute atomic E-state index is 0.342. The molecule has 0 atom stereocenters. The third kappa shape index (κ3) is 3.20. The van der Waals surface area contributed by atoms with Gasteiger partial charge in [-0.25, -0.2) is 4.39 Å². The summed E-state index contributed by atoms with van der Waals surface area (Å²) in [5.41, 5.74) is 8.21. The van der Waals surface area contributed by atoms with Gasteiger partial charge in [0.15, 0.2) is 0 Å². The molecule has 0 aliphatic carbocycles. The van der Waals surface area contributed by atoms with Gasteiger partial charge in [-0.15, -0.1) is 0 Å². The maximum Gasteiger partial charge on any atom is 0.139 e. The maximum atomic E-state index is 13.2. The Morgan fingerprint density at radius 1 is 1.41 bits per heavy atom. The van der Waals surface area contributed by atoms with Crippen LogP contribution in [0.2, 0.25) is 0 Å². The zero-order valence-electron chi connectivity index (χ0n) is 9.04. The van der Waals surface area contributed by atoms with Gasteiger partial charge in [0.2, 0.25) is 0 Å². The number of benzene rings is 1. The van der Waals surface area contributed by atoms with Gasteiger partial charge < -0.3 is 11.1 Å². The molecule has 0 amide bonds. The Morgan fingerprint density at radius 3 is 2.94 bits per heavy atom. The minimum atomic E-state index is -0.342. The normalized spacial score (nSPS) is 10.5. The van der Waals surface area contributed by atoms with Gasteiger partial charge >= 0.3 is 0 Å². The van der Waals surface area contributed by atoms with Crippen molar-refractivity contribution in [3.8, 4) is 0 Å². The number of halogens is 2. The Labute approximate surface area is 112 Å². The SMILES string of the molecule is Nc1cc(F)c(Br)cc1NCCc1ccsc1. The number of anilines is 2. The summed E-state index contributed by atoms with van der Waals surface area (Å²) in [6.07, 6.45) is 0.929. The van der Waals surface area contributed by atoms with E-state index in [1.54, 1.807) is 17.4 Å². The highest BCUT2D eigenvalue weighted by atomic mass is 79.9. The molecule has 0 saturated heterocycles. The van der Waals surface area contributed by atoms with Crippen molar-refractivity contribution in [1.29, 1.82) is 0 Å². The number of hydrogen-bond donors (Lipinski definition) is 2. The van der Waals surface area contributed by atoms with E-state index in [1.165, 1.54) is 11.6 Å². The molecule has 0 unspecified atom stereocenters. The second-order valence-corrected chi connectivity index (χ2v) is 5.30. The minimum Gasteiger partial charge on any atom is -0.397 e. The number of nitrogen functional groups attached to an aromatic ring is 1. The van der Waals surface area contributed by atoms with Gasteiger partial charge in [-0.05, 0) is 50.8 Å². The van der Waals surface area contributed by atoms with E-state index in [1.807, 2.05) is 0 Å². The summed E-state index contributed by atoms with van der Waals surface area (Å²) >= 11 is 4.83. The highest BCUT2D eigenvalue weighted by Crippen LogP contribution is 2.26. The van der Waals surface area contributed by atoms with Crippen molar-refractivity contribution < 1.29 is 4.39 Å². The Hall–Kier alpha value is -1.07. The molecule has 2 rings (SSSR count). The fourth-order valence-electron chi connectivity index (χ4n) is 1.49. The molecule has 1 aromatic heterocycles. The summed E-state index contributed by atoms with van der Waals surface area (Å²) in [5.74, 6) is -0.342. The van der Waals surface area contributed by atoms with Crippen LogP contribution in [0.25, 0.3) is 0 Å². The molecule has 0 spiro atoms. The predicted molar refractivity (Wildman–Crippen MR) is 75.0 cm³/mol. The van der Waals surface area contributed by atoms with E-state index in [0.717, 1.165) is 18.7 Å². The first-order valence-corrected chi connectivity index (χ1v) is 6.90. The van der Waals surface area contributed by atoms with Crippen LogP contribution in [0.4, 0.5) is 15.8 Å². The summed E-state index contributed by atoms with van der Waals surface area (Å²) in [4.78, 5) is 0. The summed E-state index contributed by atoms with van der Waals surface area (Å²) < 4.78 is 13.6. The van der Waals surface area contributed by atoms with Gasteiger partial charge in [0.1, 0.15) is 5.82 Å². The molecule has 0 saturated carbocycles. The smallest absolute Gasteiger partial charge is 0.139 e. The van der Waals surface area contributed by atoms with E-state index in [9.17, 15) is 4.39 Å². The van der Waals surface area contributed by atoms with E-state index in [0.29, 0.717) is 10.2 Å². The van der Waals surface area contributed by atoms with Crippen LogP contribution in [-0.4, -0.2) is 6.54 Å². The number of thiophene rings is 1. The summed E-state index contributed by atoms with van der Waals surface area (Å²) in [6.45, 7) is 0.777. The van der Waals surface area contributed by atoms with Crippen LogP contribution < -0.4 is 11.1 Å². The van der Waals surface area contributed by atoms with E-state index in [4.69, 9.17) is 5.73 Å². The second-order valence-electron chi connectivity index (χ2n) is 3.66. The highest BCUT2D eigenvalue weighted by molar-refractivity contribution is 9.10. The topological polar surface area (TPSA) is 38.0 Å². The lowest BCUT2D eigenvalue weighted by atomic mass is 10.2. The van der Waals surface area contributed by atoms with Crippen LogP contribution in [0.5, 0.6) is 0 Å². The van der Waals surface area contributed by atoms with Crippen LogP contribution >= 0.6 is 27.3 Å². The molecule has 1 heterocycles. The van der Waals surface area contributed by atoms with Crippen molar-refractivity contribution in [2.45, 2.75) is 6.42 Å². The molecule has 2 aromatic rings. The third-order valence-corrected chi connectivity index (χ3v) is 3.74. The Morgan fingerprint density at radius 2 is 2.24 bits per heavy atom. The van der Waals surface area contributed by atoms with E-state index in [-0.39, 0.29) is 5.82 Å². The van der Waals surface area contributed by atoms with Crippen molar-refractivity contribution >= 4 is 38.6 Å². The van der Waals surface area contributed by atoms with Crippen molar-refractivity contribution in [1.82, 2.24) is 0 Å². The van der Waals surface area contributed by atoms with Gasteiger partial charge in [-0.1, -0.05) is 0 Å². The second kappa shape index (κ2) is 5.51. The summed E-state index contributed by atoms with van der Waals surface area (Å²) in [5, 5.41) is 7.37. The number of nitrogens with two attached hydrogens (primary N) is 1. The van der Waals surface area contributed by atoms with E-state index in [2.05, 4.69) is 38.1 Å². The highest BCUT2D eigenvalue weighted by Gasteiger charge is 2.05. The predicted octanol–water partition coefficient (Wildman–Crippen LogP) is 3.89. The maximum absolute atomic E-state index is 13.2. The Kier molecular flexibility index (Phi) is 4.02. The van der Waals surface area contributed by atoms with Gasteiger partial charge in [0.05, 0.1) is 15.8 Å². The van der Waals surface area contributed by atoms with Gasteiger partial charge in [-0.2, -0.15) is 11.3 Å². The average molecular weight is 315 g/mol. The molecular formula is C12H12BrFN2S. The average Bonchev–Trinajstić information content (AvgIpc) is 2.78. The lowest BCUT2D eigenvalue weighted by molar-refractivity contribution is 0.622. The van der Waals surface area contributed by atoms with Gasteiger partial charge in [-0.3, -0.25) is 0 Å². The van der Waals surface area contributed by atoms with Crippen LogP contribution in [0.3, 0.4) is 0 Å². The monoisotopic (exact) mass is 314 g/mol. The standard InChI is InChI=1S/C12H12BrFN2S/c13-9-5-12(11(15)6-10(9)14)16-3-1-8-2-4-17-7-8/h2,4-7,16H,1,3,15H2. The molecular weight excluding hydrogens is 303 g/mol. The molecule has 1 aromatic carbocycles. The first kappa shape index (κ1) is 12.4. The molecule has 90 valence electrons. The molecule has 0 radical (unpaired) electrons. The Bertz CT molecular complexity index is 499. The van der Waals surface area contributed by atoms with E-state index >= 15 is 0 Å². The van der Waals surface area contributed by atoms with Crippen LogP contribution in [-0.2, 0) is 6.42 Å². The van der Waals surface area contributed by atoms with Crippen molar-refractivity contribution in [2.75, 3.05) is 17.6 Å². The lowest BCUT2D eigenvalue weighted by Gasteiger charge is -2.09. The number of nitrogens with one attached hydrogen (secondary N) is 1. The molecule has 0 aliphatic heterocycles. The molecule has 17 heavy (non-hydrogen) atoms. The quantitative estimate of drug-likeness (QED) is 0.840. The third-order valence-electron chi connectivity index (χ3n) is 2.40.